The second kappa shape index (κ2) is 17.4. The molecule has 11 heteroatoms. The lowest BCUT2D eigenvalue weighted by Crippen LogP contribution is -2.50. The van der Waals surface area contributed by atoms with Crippen LogP contribution in [0, 0.1) is 5.92 Å². The molecule has 1 saturated carbocycles. The summed E-state index contributed by atoms with van der Waals surface area (Å²) in [5.41, 5.74) is 0.772. The van der Waals surface area contributed by atoms with Gasteiger partial charge in [-0.15, -0.1) is 0 Å². The molecule has 0 spiro atoms. The summed E-state index contributed by atoms with van der Waals surface area (Å²) >= 11 is 0. The molecule has 248 valence electrons. The van der Waals surface area contributed by atoms with E-state index >= 15 is 0 Å². The maximum atomic E-state index is 14.2. The fraction of sp³-hybridized carbons (Fsp3) is 0.727. The van der Waals surface area contributed by atoms with Crippen LogP contribution in [0.4, 0.5) is 15.3 Å². The molecule has 1 aromatic rings. The normalized spacial score (nSPS) is 23.1. The first-order chi connectivity index (χ1) is 21.0. The molecule has 0 saturated heterocycles. The van der Waals surface area contributed by atoms with Crippen molar-refractivity contribution in [3.63, 3.8) is 0 Å². The van der Waals surface area contributed by atoms with Gasteiger partial charge in [0, 0.05) is 50.4 Å². The highest BCUT2D eigenvalue weighted by atomic mass is 16.5. The van der Waals surface area contributed by atoms with Crippen LogP contribution in [0.2, 0.25) is 0 Å². The summed E-state index contributed by atoms with van der Waals surface area (Å²) in [5, 5.41) is 18.9. The van der Waals surface area contributed by atoms with Crippen molar-refractivity contribution in [3.8, 4) is 5.75 Å². The van der Waals surface area contributed by atoms with Gasteiger partial charge in [0.05, 0.1) is 30.4 Å². The fourth-order valence-corrected chi connectivity index (χ4v) is 5.78. The van der Waals surface area contributed by atoms with E-state index in [9.17, 15) is 19.5 Å². The highest BCUT2D eigenvalue weighted by Gasteiger charge is 2.31. The molecular weight excluding hydrogens is 562 g/mol. The topological polar surface area (TPSA) is 132 Å². The quantitative estimate of drug-likeness (QED) is 0.341. The molecule has 1 aliphatic carbocycles. The number of urea groups is 2. The first-order valence-corrected chi connectivity index (χ1v) is 16.4. The molecule has 0 radical (unpaired) electrons. The third kappa shape index (κ3) is 10.8. The largest absolute Gasteiger partial charge is 0.490 e. The van der Waals surface area contributed by atoms with Gasteiger partial charge in [-0.2, -0.15) is 0 Å². The first-order valence-electron chi connectivity index (χ1n) is 16.4. The Morgan fingerprint density at radius 2 is 1.77 bits per heavy atom. The summed E-state index contributed by atoms with van der Waals surface area (Å²) in [5.74, 6) is -0.0287. The maximum absolute atomic E-state index is 14.2. The number of nitrogens with zero attached hydrogens (tertiary/aromatic N) is 2. The number of hydrogen-bond donors (Lipinski definition) is 4. The minimum absolute atomic E-state index is 0.0481. The number of benzene rings is 1. The molecule has 2 aliphatic rings. The van der Waals surface area contributed by atoms with Crippen molar-refractivity contribution in [3.05, 3.63) is 23.8 Å². The van der Waals surface area contributed by atoms with Gasteiger partial charge in [0.15, 0.2) is 0 Å². The summed E-state index contributed by atoms with van der Waals surface area (Å²) in [7, 11) is 1.79. The van der Waals surface area contributed by atoms with E-state index in [1.54, 1.807) is 42.0 Å². The molecule has 1 heterocycles. The van der Waals surface area contributed by atoms with Gasteiger partial charge in [-0.1, -0.05) is 26.2 Å². The molecule has 0 bridgehead atoms. The number of nitrogens with one attached hydrogen (secondary N) is 3. The van der Waals surface area contributed by atoms with Crippen LogP contribution >= 0.6 is 0 Å². The zero-order valence-electron chi connectivity index (χ0n) is 27.6. The third-order valence-electron chi connectivity index (χ3n) is 8.46. The van der Waals surface area contributed by atoms with Crippen molar-refractivity contribution in [1.82, 2.24) is 20.4 Å². The van der Waals surface area contributed by atoms with Crippen LogP contribution in [-0.2, 0) is 4.74 Å². The van der Waals surface area contributed by atoms with E-state index < -0.39 is 6.04 Å². The summed E-state index contributed by atoms with van der Waals surface area (Å²) in [6.45, 7) is 10.5. The Kier molecular flexibility index (Phi) is 14.0. The molecule has 5 amide bonds. The molecule has 44 heavy (non-hydrogen) atoms. The van der Waals surface area contributed by atoms with Crippen LogP contribution in [0.15, 0.2) is 18.2 Å². The Hall–Kier alpha value is -3.05. The lowest BCUT2D eigenvalue weighted by Gasteiger charge is -2.36. The SMILES string of the molecule is CC(C)NC(=O)Nc1ccc2c(c1)C(=O)N([C@@H](C)CO)C[C@H](C)[C@@H](CN(C)C(=O)NC1CCCCC1)OCCCC[C@@H](C)O2. The summed E-state index contributed by atoms with van der Waals surface area (Å²) in [6.07, 6.45) is 7.54. The van der Waals surface area contributed by atoms with Crippen LogP contribution in [0.5, 0.6) is 5.75 Å². The number of aliphatic hydroxyl groups is 1. The molecule has 11 nitrogen and oxygen atoms in total. The van der Waals surface area contributed by atoms with Crippen LogP contribution in [-0.4, -0.2) is 96.6 Å². The average molecular weight is 618 g/mol. The Morgan fingerprint density at radius 1 is 1.07 bits per heavy atom. The molecule has 4 N–H and O–H groups in total. The molecular formula is C33H55N5O6. The Balaban J connectivity index is 1.86. The standard InChI is InChI=1S/C33H55N5O6/c1-22(2)34-32(41)35-27-15-16-29-28(18-27)31(40)38(24(4)21-39)19-23(3)30(43-17-11-10-12-25(5)44-29)20-37(6)33(42)36-26-13-8-7-9-14-26/h15-16,18,22-26,30,39H,7-14,17,19-21H2,1-6H3,(H,36,42)(H2,34,35,41)/t23-,24-,25+,30+/m0/s1. The van der Waals surface area contributed by atoms with Crippen molar-refractivity contribution >= 4 is 23.7 Å². The second-order valence-corrected chi connectivity index (χ2v) is 12.9. The van der Waals surface area contributed by atoms with Gasteiger partial charge in [-0.25, -0.2) is 9.59 Å². The van der Waals surface area contributed by atoms with E-state index in [0.717, 1.165) is 44.9 Å². The number of fused-ring (bicyclic) bond motifs is 1. The second-order valence-electron chi connectivity index (χ2n) is 12.9. The lowest BCUT2D eigenvalue weighted by atomic mass is 9.96. The van der Waals surface area contributed by atoms with E-state index in [4.69, 9.17) is 9.47 Å². The molecule has 1 aliphatic heterocycles. The Labute approximate surface area is 263 Å². The first kappa shape index (κ1) is 35.4. The smallest absolute Gasteiger partial charge is 0.319 e. The zero-order valence-corrected chi connectivity index (χ0v) is 27.6. The van der Waals surface area contributed by atoms with Gasteiger partial charge in [-0.05, 0) is 78.0 Å². The number of ether oxygens (including phenoxy) is 2. The molecule has 4 atom stereocenters. The molecule has 0 unspecified atom stereocenters. The van der Waals surface area contributed by atoms with E-state index in [2.05, 4.69) is 16.0 Å². The number of amides is 5. The highest BCUT2D eigenvalue weighted by Crippen LogP contribution is 2.28. The van der Waals surface area contributed by atoms with E-state index in [-0.39, 0.29) is 54.8 Å². The average Bonchev–Trinajstić information content (AvgIpc) is 2.98. The lowest BCUT2D eigenvalue weighted by molar-refractivity contribution is -0.0123. The number of hydrogen-bond acceptors (Lipinski definition) is 6. The zero-order chi connectivity index (χ0) is 32.2. The van der Waals surface area contributed by atoms with E-state index in [0.29, 0.717) is 36.7 Å². The van der Waals surface area contributed by atoms with Crippen molar-refractivity contribution in [2.24, 2.45) is 5.92 Å². The van der Waals surface area contributed by atoms with Crippen molar-refractivity contribution in [2.75, 3.05) is 38.7 Å². The van der Waals surface area contributed by atoms with Crippen molar-refractivity contribution < 1.29 is 29.0 Å². The monoisotopic (exact) mass is 617 g/mol. The van der Waals surface area contributed by atoms with Crippen LogP contribution in [0.25, 0.3) is 0 Å². The summed E-state index contributed by atoms with van der Waals surface area (Å²) < 4.78 is 12.6. The predicted octanol–water partition coefficient (Wildman–Crippen LogP) is 4.99. The Bertz CT molecular complexity index is 1080. The Morgan fingerprint density at radius 3 is 2.45 bits per heavy atom. The summed E-state index contributed by atoms with van der Waals surface area (Å²) in [4.78, 5) is 43.0. The number of carbonyl (C=O) groups excluding carboxylic acids is 3. The van der Waals surface area contributed by atoms with Crippen LogP contribution in [0.3, 0.4) is 0 Å². The number of rotatable bonds is 7. The maximum Gasteiger partial charge on any atom is 0.319 e. The third-order valence-corrected chi connectivity index (χ3v) is 8.46. The van der Waals surface area contributed by atoms with Gasteiger partial charge >= 0.3 is 12.1 Å². The van der Waals surface area contributed by atoms with Gasteiger partial charge < -0.3 is 40.3 Å². The van der Waals surface area contributed by atoms with E-state index in [1.807, 2.05) is 27.7 Å². The molecule has 1 aromatic carbocycles. The van der Waals surface area contributed by atoms with Crippen LogP contribution in [0.1, 0.15) is 96.3 Å². The number of anilines is 1. The predicted molar refractivity (Wildman–Crippen MR) is 172 cm³/mol. The number of carbonyl (C=O) groups is 3. The minimum atomic E-state index is -0.489. The van der Waals surface area contributed by atoms with Crippen molar-refractivity contribution in [1.29, 1.82) is 0 Å². The number of likely N-dealkylation sites (N-methyl/N-ethyl adjacent to an activating group) is 1. The molecule has 3 rings (SSSR count). The van der Waals surface area contributed by atoms with Crippen molar-refractivity contribution in [2.45, 2.75) is 116 Å². The van der Waals surface area contributed by atoms with Crippen LogP contribution < -0.4 is 20.7 Å². The van der Waals surface area contributed by atoms with Gasteiger partial charge in [0.1, 0.15) is 5.75 Å². The van der Waals surface area contributed by atoms with Gasteiger partial charge in [0.2, 0.25) is 0 Å². The number of aliphatic hydroxyl groups excluding tert-OH is 1. The fourth-order valence-electron chi connectivity index (χ4n) is 5.78. The molecule has 1 fully saturated rings. The molecule has 0 aromatic heterocycles. The minimum Gasteiger partial charge on any atom is -0.490 e. The summed E-state index contributed by atoms with van der Waals surface area (Å²) in [6, 6.07) is 4.28. The van der Waals surface area contributed by atoms with E-state index in [1.165, 1.54) is 6.42 Å². The van der Waals surface area contributed by atoms with Gasteiger partial charge in [-0.3, -0.25) is 4.79 Å². The van der Waals surface area contributed by atoms with Gasteiger partial charge in [0.25, 0.3) is 5.91 Å². The highest BCUT2D eigenvalue weighted by molar-refractivity contribution is 5.99.